The predicted octanol–water partition coefficient (Wildman–Crippen LogP) is 2.24. The number of hydrogen-bond acceptors (Lipinski definition) is 2. The zero-order valence-corrected chi connectivity index (χ0v) is 8.69. The molecular weight excluding hydrogens is 230 g/mol. The maximum Gasteiger partial charge on any atom is 0.164 e. The van der Waals surface area contributed by atoms with Gasteiger partial charge in [-0.2, -0.15) is 0 Å². The summed E-state index contributed by atoms with van der Waals surface area (Å²) in [4.78, 5) is 0. The second-order valence-electron chi connectivity index (χ2n) is 2.75. The summed E-state index contributed by atoms with van der Waals surface area (Å²) in [6, 6.07) is 7.96. The van der Waals surface area contributed by atoms with Gasteiger partial charge in [-0.3, -0.25) is 0 Å². The van der Waals surface area contributed by atoms with Crippen molar-refractivity contribution in [2.24, 2.45) is 7.05 Å². The molecule has 2 aromatic rings. The third-order valence-electron chi connectivity index (χ3n) is 1.83. The lowest BCUT2D eigenvalue weighted by atomic mass is 10.2. The van der Waals surface area contributed by atoms with E-state index in [1.165, 1.54) is 0 Å². The van der Waals surface area contributed by atoms with Crippen LogP contribution in [0.15, 0.2) is 35.1 Å². The lowest BCUT2D eigenvalue weighted by molar-refractivity contribution is 0.919. The lowest BCUT2D eigenvalue weighted by Crippen LogP contribution is -1.91. The van der Waals surface area contributed by atoms with Crippen LogP contribution in [0.1, 0.15) is 0 Å². The van der Waals surface area contributed by atoms with Gasteiger partial charge in [-0.15, -0.1) is 10.2 Å². The highest BCUT2D eigenvalue weighted by molar-refractivity contribution is 9.10. The summed E-state index contributed by atoms with van der Waals surface area (Å²) in [5.74, 6) is 0.868. The van der Waals surface area contributed by atoms with Crippen LogP contribution in [-0.4, -0.2) is 14.8 Å². The Kier molecular flexibility index (Phi) is 2.14. The Morgan fingerprint density at radius 3 is 2.69 bits per heavy atom. The molecule has 0 unspecified atom stereocenters. The number of halogens is 1. The normalized spacial score (nSPS) is 10.3. The molecule has 0 amide bonds. The van der Waals surface area contributed by atoms with Gasteiger partial charge in [0, 0.05) is 17.1 Å². The molecule has 0 fully saturated rings. The molecule has 1 aromatic carbocycles. The molecule has 0 saturated carbocycles. The SMILES string of the molecule is Cn1cnnc1-c1ccccc1Br. The van der Waals surface area contributed by atoms with Crippen molar-refractivity contribution in [3.05, 3.63) is 35.1 Å². The van der Waals surface area contributed by atoms with Crippen LogP contribution in [0, 0.1) is 0 Å². The standard InChI is InChI=1S/C9H8BrN3/c1-13-6-11-12-9(13)7-4-2-3-5-8(7)10/h2-6H,1H3. The van der Waals surface area contributed by atoms with Gasteiger partial charge in [-0.1, -0.05) is 34.1 Å². The fourth-order valence-corrected chi connectivity index (χ4v) is 1.63. The van der Waals surface area contributed by atoms with Crippen LogP contribution in [0.3, 0.4) is 0 Å². The number of benzene rings is 1. The Labute approximate surface area is 84.5 Å². The summed E-state index contributed by atoms with van der Waals surface area (Å²) < 4.78 is 2.92. The van der Waals surface area contributed by atoms with Gasteiger partial charge in [-0.25, -0.2) is 0 Å². The number of aryl methyl sites for hydroxylation is 1. The van der Waals surface area contributed by atoms with Gasteiger partial charge in [0.05, 0.1) is 0 Å². The maximum atomic E-state index is 4.03. The number of nitrogens with zero attached hydrogens (tertiary/aromatic N) is 3. The summed E-state index contributed by atoms with van der Waals surface area (Å²) in [6.07, 6.45) is 1.69. The van der Waals surface area contributed by atoms with Gasteiger partial charge in [0.15, 0.2) is 5.82 Å². The average Bonchev–Trinajstić information content (AvgIpc) is 2.52. The molecule has 0 atom stereocenters. The van der Waals surface area contributed by atoms with Gasteiger partial charge in [0.1, 0.15) is 6.33 Å². The van der Waals surface area contributed by atoms with Gasteiger partial charge in [-0.05, 0) is 6.07 Å². The Hall–Kier alpha value is -1.16. The van der Waals surface area contributed by atoms with E-state index in [0.29, 0.717) is 0 Å². The molecule has 2 rings (SSSR count). The second-order valence-corrected chi connectivity index (χ2v) is 3.60. The zero-order chi connectivity index (χ0) is 9.26. The van der Waals surface area contributed by atoms with Crippen molar-refractivity contribution in [1.82, 2.24) is 14.8 Å². The molecule has 0 bridgehead atoms. The first-order chi connectivity index (χ1) is 6.29. The fourth-order valence-electron chi connectivity index (χ4n) is 1.17. The van der Waals surface area contributed by atoms with Gasteiger partial charge < -0.3 is 4.57 Å². The van der Waals surface area contributed by atoms with E-state index in [2.05, 4.69) is 26.1 Å². The average molecular weight is 238 g/mol. The molecule has 1 heterocycles. The number of aromatic nitrogens is 3. The maximum absolute atomic E-state index is 4.03. The van der Waals surface area contributed by atoms with Crippen molar-refractivity contribution in [2.45, 2.75) is 0 Å². The first-order valence-electron chi connectivity index (χ1n) is 3.88. The molecule has 0 radical (unpaired) electrons. The lowest BCUT2D eigenvalue weighted by Gasteiger charge is -2.01. The smallest absolute Gasteiger partial charge is 0.164 e. The molecule has 13 heavy (non-hydrogen) atoms. The summed E-state index contributed by atoms with van der Waals surface area (Å²) in [6.45, 7) is 0. The van der Waals surface area contributed by atoms with E-state index in [0.717, 1.165) is 15.9 Å². The van der Waals surface area contributed by atoms with Crippen LogP contribution in [0.2, 0.25) is 0 Å². The first-order valence-corrected chi connectivity index (χ1v) is 4.67. The highest BCUT2D eigenvalue weighted by atomic mass is 79.9. The van der Waals surface area contributed by atoms with E-state index in [9.17, 15) is 0 Å². The Morgan fingerprint density at radius 2 is 2.08 bits per heavy atom. The predicted molar refractivity (Wildman–Crippen MR) is 54.1 cm³/mol. The first kappa shape index (κ1) is 8.44. The summed E-state index contributed by atoms with van der Waals surface area (Å²) in [5, 5.41) is 7.86. The van der Waals surface area contributed by atoms with E-state index in [1.807, 2.05) is 35.9 Å². The number of hydrogen-bond donors (Lipinski definition) is 0. The topological polar surface area (TPSA) is 30.7 Å². The van der Waals surface area contributed by atoms with Crippen molar-refractivity contribution in [3.8, 4) is 11.4 Å². The largest absolute Gasteiger partial charge is 0.317 e. The molecule has 4 heteroatoms. The Morgan fingerprint density at radius 1 is 1.31 bits per heavy atom. The van der Waals surface area contributed by atoms with E-state index in [-0.39, 0.29) is 0 Å². The minimum Gasteiger partial charge on any atom is -0.317 e. The van der Waals surface area contributed by atoms with Crippen molar-refractivity contribution in [3.63, 3.8) is 0 Å². The highest BCUT2D eigenvalue weighted by Crippen LogP contribution is 2.25. The molecule has 0 spiro atoms. The Bertz CT molecular complexity index is 422. The van der Waals surface area contributed by atoms with Crippen LogP contribution in [0.5, 0.6) is 0 Å². The van der Waals surface area contributed by atoms with E-state index in [1.54, 1.807) is 6.33 Å². The fraction of sp³-hybridized carbons (Fsp3) is 0.111. The van der Waals surface area contributed by atoms with Crippen molar-refractivity contribution < 1.29 is 0 Å². The third kappa shape index (κ3) is 1.49. The molecule has 0 saturated heterocycles. The third-order valence-corrected chi connectivity index (χ3v) is 2.52. The molecule has 66 valence electrons. The van der Waals surface area contributed by atoms with Crippen LogP contribution in [0.4, 0.5) is 0 Å². The number of rotatable bonds is 1. The highest BCUT2D eigenvalue weighted by Gasteiger charge is 2.06. The van der Waals surface area contributed by atoms with Crippen LogP contribution in [0.25, 0.3) is 11.4 Å². The summed E-state index contributed by atoms with van der Waals surface area (Å²) >= 11 is 3.47. The molecular formula is C9H8BrN3. The summed E-state index contributed by atoms with van der Waals surface area (Å²) in [5.41, 5.74) is 1.06. The van der Waals surface area contributed by atoms with Crippen LogP contribution < -0.4 is 0 Å². The van der Waals surface area contributed by atoms with Crippen molar-refractivity contribution >= 4 is 15.9 Å². The molecule has 0 N–H and O–H groups in total. The van der Waals surface area contributed by atoms with E-state index < -0.39 is 0 Å². The van der Waals surface area contributed by atoms with Crippen LogP contribution >= 0.6 is 15.9 Å². The quantitative estimate of drug-likeness (QED) is 0.762. The zero-order valence-electron chi connectivity index (χ0n) is 7.11. The molecule has 1 aromatic heterocycles. The second kappa shape index (κ2) is 3.30. The van der Waals surface area contributed by atoms with Gasteiger partial charge in [0.25, 0.3) is 0 Å². The van der Waals surface area contributed by atoms with Crippen molar-refractivity contribution in [2.75, 3.05) is 0 Å². The van der Waals surface area contributed by atoms with Gasteiger partial charge >= 0.3 is 0 Å². The molecule has 3 nitrogen and oxygen atoms in total. The molecule has 0 aliphatic heterocycles. The Balaban J connectivity index is 2.59. The molecule has 0 aliphatic rings. The minimum atomic E-state index is 0.868. The van der Waals surface area contributed by atoms with E-state index >= 15 is 0 Å². The minimum absolute atomic E-state index is 0.868. The van der Waals surface area contributed by atoms with E-state index in [4.69, 9.17) is 0 Å². The van der Waals surface area contributed by atoms with Gasteiger partial charge in [0.2, 0.25) is 0 Å². The summed E-state index contributed by atoms with van der Waals surface area (Å²) in [7, 11) is 1.93. The van der Waals surface area contributed by atoms with Crippen molar-refractivity contribution in [1.29, 1.82) is 0 Å². The van der Waals surface area contributed by atoms with Crippen LogP contribution in [-0.2, 0) is 7.05 Å². The monoisotopic (exact) mass is 237 g/mol. The molecule has 0 aliphatic carbocycles.